The van der Waals surface area contributed by atoms with Crippen molar-refractivity contribution in [3.8, 4) is 5.75 Å². The zero-order valence-electron chi connectivity index (χ0n) is 19.4. The normalized spacial score (nSPS) is 21.9. The van der Waals surface area contributed by atoms with Gasteiger partial charge in [0.05, 0.1) is 6.54 Å². The van der Waals surface area contributed by atoms with Crippen LogP contribution in [0.2, 0.25) is 0 Å². The summed E-state index contributed by atoms with van der Waals surface area (Å²) in [5.41, 5.74) is 2.76. The monoisotopic (exact) mass is 500 g/mol. The average Bonchev–Trinajstić information content (AvgIpc) is 3.44. The Morgan fingerprint density at radius 2 is 1.78 bits per heavy atom. The first-order valence-electron chi connectivity index (χ1n) is 11.8. The molecule has 1 saturated heterocycles. The van der Waals surface area contributed by atoms with E-state index in [1.165, 1.54) is 9.48 Å². The second-order valence-electron chi connectivity index (χ2n) is 9.28. The molecule has 2 unspecified atom stereocenters. The molecule has 0 aliphatic carbocycles. The van der Waals surface area contributed by atoms with Gasteiger partial charge in [0.2, 0.25) is 17.9 Å². The minimum atomic E-state index is -4.24. The Bertz CT molecular complexity index is 1240. The molecule has 5 rings (SSSR count). The number of ether oxygens (including phenoxy) is 1. The van der Waals surface area contributed by atoms with Crippen molar-refractivity contribution in [2.75, 3.05) is 0 Å². The fourth-order valence-electron chi connectivity index (χ4n) is 5.02. The minimum absolute atomic E-state index is 0.0836. The number of hydrogen-bond donors (Lipinski definition) is 1. The number of benzene rings is 2. The smallest absolute Gasteiger partial charge is 0.451 e. The Labute approximate surface area is 205 Å². The van der Waals surface area contributed by atoms with E-state index in [0.717, 1.165) is 11.1 Å². The van der Waals surface area contributed by atoms with Crippen LogP contribution in [0, 0.1) is 0 Å². The highest BCUT2D eigenvalue weighted by molar-refractivity contribution is 6.05. The summed E-state index contributed by atoms with van der Waals surface area (Å²) < 4.78 is 46.9. The number of alkyl halides is 3. The van der Waals surface area contributed by atoms with Crippen molar-refractivity contribution < 1.29 is 36.9 Å². The van der Waals surface area contributed by atoms with Gasteiger partial charge in [0.15, 0.2) is 6.54 Å². The molecule has 0 spiro atoms. The van der Waals surface area contributed by atoms with Crippen LogP contribution >= 0.6 is 0 Å². The van der Waals surface area contributed by atoms with Crippen LogP contribution in [0.3, 0.4) is 0 Å². The molecule has 2 aromatic rings. The number of nitrogens with one attached hydrogen (secondary N) is 1. The third kappa shape index (κ3) is 4.72. The molecule has 1 N–H and O–H groups in total. The second kappa shape index (κ2) is 9.40. The predicted octanol–water partition coefficient (Wildman–Crippen LogP) is 3.33. The first kappa shape index (κ1) is 24.0. The highest BCUT2D eigenvalue weighted by atomic mass is 19.4. The van der Waals surface area contributed by atoms with Crippen LogP contribution in [0.15, 0.2) is 42.5 Å². The van der Waals surface area contributed by atoms with Gasteiger partial charge < -0.3 is 9.64 Å². The lowest BCUT2D eigenvalue weighted by Gasteiger charge is -2.29. The molecule has 2 atom stereocenters. The second-order valence-corrected chi connectivity index (χ2v) is 9.28. The lowest BCUT2D eigenvalue weighted by atomic mass is 10.0. The number of fused-ring (bicyclic) bond motifs is 1. The molecule has 3 heterocycles. The van der Waals surface area contributed by atoms with Crippen LogP contribution < -0.4 is 10.1 Å². The summed E-state index contributed by atoms with van der Waals surface area (Å²) >= 11 is 0. The molecule has 0 saturated carbocycles. The molecular weight excluding hydrogens is 475 g/mol. The number of hydrogen-bond acceptors (Lipinski definition) is 4. The van der Waals surface area contributed by atoms with E-state index in [4.69, 9.17) is 4.74 Å². The van der Waals surface area contributed by atoms with Crippen molar-refractivity contribution in [2.24, 2.45) is 0 Å². The molecule has 10 heteroatoms. The summed E-state index contributed by atoms with van der Waals surface area (Å²) in [5, 5.41) is 2.29. The van der Waals surface area contributed by atoms with Gasteiger partial charge in [0.1, 0.15) is 24.6 Å². The highest BCUT2D eigenvalue weighted by Gasteiger charge is 2.49. The Hall–Kier alpha value is -3.69. The van der Waals surface area contributed by atoms with Crippen molar-refractivity contribution in [1.82, 2.24) is 10.2 Å². The lowest BCUT2D eigenvalue weighted by Crippen LogP contribution is -2.52. The number of carbonyl (C=O) groups excluding carboxylic acids is 3. The standard InChI is InChI=1S/C26H24F3N3O4/c27-26(28,29)22-5-2-12-31(22)13-16-6-8-17(9-7-16)15-36-21-4-1-3-18-19(21)14-32(25(18)35)20-10-11-23(33)30-24(20)34/h1,3-4,6-9,12,20,22H,2,5,10-11,13-15H2/p+1. The summed E-state index contributed by atoms with van der Waals surface area (Å²) in [6, 6.07) is 10.2. The van der Waals surface area contributed by atoms with Gasteiger partial charge in [-0.3, -0.25) is 19.7 Å². The van der Waals surface area contributed by atoms with E-state index in [0.29, 0.717) is 23.3 Å². The number of amides is 3. The van der Waals surface area contributed by atoms with E-state index in [1.807, 2.05) is 12.1 Å². The number of imide groups is 1. The van der Waals surface area contributed by atoms with Crippen LogP contribution in [0.1, 0.15) is 52.7 Å². The van der Waals surface area contributed by atoms with Gasteiger partial charge in [-0.15, -0.1) is 0 Å². The molecular formula is C26H25F3N3O4+. The molecule has 1 fully saturated rings. The molecule has 0 aromatic heterocycles. The van der Waals surface area contributed by atoms with Crippen LogP contribution in [0.4, 0.5) is 13.2 Å². The van der Waals surface area contributed by atoms with E-state index < -0.39 is 24.2 Å². The summed E-state index contributed by atoms with van der Waals surface area (Å²) in [6.45, 7) is 0.614. The SMILES string of the molecule is O=C1CCC(N2Cc3c(OCc4ccc(C[N+]5=CCCC5C(F)(F)F)cc4)cccc3C2=O)C(=O)N1. The molecule has 2 aromatic carbocycles. The van der Waals surface area contributed by atoms with Crippen molar-refractivity contribution in [3.63, 3.8) is 0 Å². The Morgan fingerprint density at radius 3 is 2.50 bits per heavy atom. The maximum Gasteiger partial charge on any atom is 0.451 e. The third-order valence-corrected chi connectivity index (χ3v) is 6.90. The maximum absolute atomic E-state index is 13.2. The maximum atomic E-state index is 13.2. The molecule has 7 nitrogen and oxygen atoms in total. The van der Waals surface area contributed by atoms with E-state index in [1.54, 1.807) is 36.5 Å². The molecule has 0 radical (unpaired) electrons. The topological polar surface area (TPSA) is 78.7 Å². The zero-order chi connectivity index (χ0) is 25.4. The summed E-state index contributed by atoms with van der Waals surface area (Å²) in [6.07, 6.45) is -1.66. The Balaban J connectivity index is 1.23. The fraction of sp³-hybridized carbons (Fsp3) is 0.385. The molecule has 3 aliphatic rings. The van der Waals surface area contributed by atoms with Crippen molar-refractivity contribution in [1.29, 1.82) is 0 Å². The molecule has 3 amide bonds. The van der Waals surface area contributed by atoms with Crippen molar-refractivity contribution >= 4 is 23.9 Å². The quantitative estimate of drug-likeness (QED) is 0.488. The van der Waals surface area contributed by atoms with Crippen molar-refractivity contribution in [3.05, 3.63) is 64.7 Å². The van der Waals surface area contributed by atoms with E-state index in [9.17, 15) is 27.6 Å². The molecule has 188 valence electrons. The van der Waals surface area contributed by atoms with Gasteiger partial charge in [0.25, 0.3) is 5.91 Å². The number of carbonyl (C=O) groups is 3. The van der Waals surface area contributed by atoms with Crippen LogP contribution in [0.25, 0.3) is 0 Å². The van der Waals surface area contributed by atoms with E-state index in [2.05, 4.69) is 5.32 Å². The first-order valence-corrected chi connectivity index (χ1v) is 11.8. The molecule has 3 aliphatic heterocycles. The Morgan fingerprint density at radius 1 is 1.03 bits per heavy atom. The van der Waals surface area contributed by atoms with Gasteiger partial charge >= 0.3 is 6.18 Å². The van der Waals surface area contributed by atoms with Gasteiger partial charge in [-0.2, -0.15) is 13.2 Å². The van der Waals surface area contributed by atoms with E-state index in [-0.39, 0.29) is 50.8 Å². The highest BCUT2D eigenvalue weighted by Crippen LogP contribution is 2.34. The predicted molar refractivity (Wildman–Crippen MR) is 122 cm³/mol. The van der Waals surface area contributed by atoms with Gasteiger partial charge in [-0.25, -0.2) is 4.58 Å². The average molecular weight is 500 g/mol. The van der Waals surface area contributed by atoms with Crippen LogP contribution in [-0.2, 0) is 29.3 Å². The summed E-state index contributed by atoms with van der Waals surface area (Å²) in [7, 11) is 0. The fourth-order valence-corrected chi connectivity index (χ4v) is 5.02. The van der Waals surface area contributed by atoms with Crippen molar-refractivity contribution in [2.45, 2.75) is 63.6 Å². The molecule has 0 bridgehead atoms. The summed E-state index contributed by atoms with van der Waals surface area (Å²) in [4.78, 5) is 38.1. The number of rotatable bonds is 6. The van der Waals surface area contributed by atoms with E-state index >= 15 is 0 Å². The molecule has 36 heavy (non-hydrogen) atoms. The zero-order valence-corrected chi connectivity index (χ0v) is 19.4. The summed E-state index contributed by atoms with van der Waals surface area (Å²) in [5.74, 6) is -0.554. The number of halogens is 3. The largest absolute Gasteiger partial charge is 0.489 e. The van der Waals surface area contributed by atoms with Gasteiger partial charge in [0, 0.05) is 36.0 Å². The lowest BCUT2D eigenvalue weighted by molar-refractivity contribution is -0.602. The van der Waals surface area contributed by atoms with Gasteiger partial charge in [-0.05, 0) is 24.1 Å². The van der Waals surface area contributed by atoms with Crippen LogP contribution in [-0.4, -0.2) is 51.7 Å². The van der Waals surface area contributed by atoms with Gasteiger partial charge in [-0.1, -0.05) is 30.3 Å². The van der Waals surface area contributed by atoms with Crippen LogP contribution in [0.5, 0.6) is 5.75 Å². The number of piperidine rings is 1. The minimum Gasteiger partial charge on any atom is -0.489 e. The first-order chi connectivity index (χ1) is 17.2. The number of nitrogens with zero attached hydrogens (tertiary/aromatic N) is 2. The Kier molecular flexibility index (Phi) is 6.27. The third-order valence-electron chi connectivity index (χ3n) is 6.90.